The van der Waals surface area contributed by atoms with E-state index in [9.17, 15) is 4.39 Å². The smallest absolute Gasteiger partial charge is 0.138 e. The summed E-state index contributed by atoms with van der Waals surface area (Å²) >= 11 is 1.87. The minimum Gasteiger partial charge on any atom is -0.320 e. The van der Waals surface area contributed by atoms with Crippen LogP contribution in [0.4, 0.5) is 4.39 Å². The predicted octanol–water partition coefficient (Wildman–Crippen LogP) is 2.71. The molecule has 0 radical (unpaired) electrons. The van der Waals surface area contributed by atoms with E-state index >= 15 is 0 Å². The number of halogens is 1. The summed E-state index contributed by atoms with van der Waals surface area (Å²) in [6, 6.07) is 5.14. The van der Waals surface area contributed by atoms with Crippen LogP contribution >= 0.6 is 11.8 Å². The first-order valence-corrected chi connectivity index (χ1v) is 8.14. The molecule has 0 saturated carbocycles. The molecule has 1 aromatic rings. The van der Waals surface area contributed by atoms with Crippen molar-refractivity contribution in [1.29, 1.82) is 0 Å². The van der Waals surface area contributed by atoms with Crippen LogP contribution in [0.3, 0.4) is 0 Å². The van der Waals surface area contributed by atoms with Gasteiger partial charge in [0.25, 0.3) is 0 Å². The fourth-order valence-corrected chi connectivity index (χ4v) is 2.77. The summed E-state index contributed by atoms with van der Waals surface area (Å²) < 4.78 is 13.5. The van der Waals surface area contributed by atoms with Crippen molar-refractivity contribution in [2.75, 3.05) is 31.9 Å². The predicted molar refractivity (Wildman–Crippen MR) is 86.3 cm³/mol. The van der Waals surface area contributed by atoms with Gasteiger partial charge < -0.3 is 10.6 Å². The average Bonchev–Trinajstić information content (AvgIpc) is 2.47. The molecule has 0 aromatic heterocycles. The van der Waals surface area contributed by atoms with E-state index in [1.807, 2.05) is 23.9 Å². The number of nitrogens with two attached hydrogens (primary N) is 1. The maximum absolute atomic E-state index is 13.5. The van der Waals surface area contributed by atoms with E-state index in [4.69, 9.17) is 5.73 Å². The molecule has 0 atom stereocenters. The maximum Gasteiger partial charge on any atom is 0.138 e. The van der Waals surface area contributed by atoms with E-state index in [1.54, 1.807) is 0 Å². The van der Waals surface area contributed by atoms with Crippen LogP contribution in [0, 0.1) is 17.7 Å². The van der Waals surface area contributed by atoms with Crippen molar-refractivity contribution in [3.63, 3.8) is 0 Å². The highest BCUT2D eigenvalue weighted by Gasteiger charge is 2.03. The Labute approximate surface area is 125 Å². The molecule has 0 aliphatic carbocycles. The lowest BCUT2D eigenvalue weighted by molar-refractivity contribution is 0.324. The fraction of sp³-hybridized carbons (Fsp3) is 0.500. The molecule has 0 aliphatic heterocycles. The summed E-state index contributed by atoms with van der Waals surface area (Å²) in [6.07, 6.45) is 0. The molecule has 110 valence electrons. The highest BCUT2D eigenvalue weighted by atomic mass is 32.2. The van der Waals surface area contributed by atoms with E-state index in [-0.39, 0.29) is 12.4 Å². The van der Waals surface area contributed by atoms with Crippen molar-refractivity contribution < 1.29 is 4.39 Å². The van der Waals surface area contributed by atoms with Crippen LogP contribution in [0.1, 0.15) is 25.0 Å². The second kappa shape index (κ2) is 9.82. The average molecular weight is 294 g/mol. The zero-order chi connectivity index (χ0) is 14.8. The van der Waals surface area contributed by atoms with E-state index in [2.05, 4.69) is 30.6 Å². The highest BCUT2D eigenvalue weighted by Crippen LogP contribution is 2.16. The molecule has 0 saturated heterocycles. The molecule has 0 unspecified atom stereocenters. The molecule has 1 aromatic carbocycles. The molecule has 1 rings (SSSR count). The standard InChI is InChI=1S/C16H23FN2S/c1-3-19(4-2)10-11-20-13-14-7-8-16(17)15(12-14)6-5-9-18/h7-8,12H,3-4,9-11,13,18H2,1-2H3. The molecule has 0 aliphatic rings. The van der Waals surface area contributed by atoms with Gasteiger partial charge in [-0.25, -0.2) is 4.39 Å². The SMILES string of the molecule is CCN(CC)CCSCc1ccc(F)c(C#CCN)c1. The third kappa shape index (κ3) is 5.96. The Morgan fingerprint density at radius 2 is 2.05 bits per heavy atom. The zero-order valence-corrected chi connectivity index (χ0v) is 13.1. The van der Waals surface area contributed by atoms with Crippen LogP contribution in [0.2, 0.25) is 0 Å². The van der Waals surface area contributed by atoms with E-state index < -0.39 is 0 Å². The lowest BCUT2D eigenvalue weighted by Crippen LogP contribution is -2.25. The van der Waals surface area contributed by atoms with Gasteiger partial charge >= 0.3 is 0 Å². The van der Waals surface area contributed by atoms with E-state index in [1.165, 1.54) is 6.07 Å². The van der Waals surface area contributed by atoms with E-state index in [0.717, 1.165) is 36.7 Å². The number of hydrogen-bond donors (Lipinski definition) is 1. The minimum absolute atomic E-state index is 0.252. The van der Waals surface area contributed by atoms with Gasteiger partial charge in [-0.1, -0.05) is 31.8 Å². The van der Waals surface area contributed by atoms with Crippen LogP contribution in [-0.4, -0.2) is 36.8 Å². The third-order valence-corrected chi connectivity index (χ3v) is 4.08. The summed E-state index contributed by atoms with van der Waals surface area (Å²) in [5, 5.41) is 0. The van der Waals surface area contributed by atoms with Crippen LogP contribution in [0.5, 0.6) is 0 Å². The van der Waals surface area contributed by atoms with Crippen molar-refractivity contribution in [2.45, 2.75) is 19.6 Å². The number of thioether (sulfide) groups is 1. The molecule has 0 fully saturated rings. The Bertz CT molecular complexity index is 461. The Kier molecular flexibility index (Phi) is 8.36. The van der Waals surface area contributed by atoms with Crippen LogP contribution in [0.15, 0.2) is 18.2 Å². The molecule has 4 heteroatoms. The Morgan fingerprint density at radius 3 is 2.70 bits per heavy atom. The maximum atomic E-state index is 13.5. The quantitative estimate of drug-likeness (QED) is 0.619. The van der Waals surface area contributed by atoms with Gasteiger partial charge in [0.15, 0.2) is 0 Å². The first-order valence-electron chi connectivity index (χ1n) is 6.98. The monoisotopic (exact) mass is 294 g/mol. The van der Waals surface area contributed by atoms with Gasteiger partial charge in [0.05, 0.1) is 12.1 Å². The van der Waals surface area contributed by atoms with Crippen LogP contribution in [-0.2, 0) is 5.75 Å². The number of benzene rings is 1. The summed E-state index contributed by atoms with van der Waals surface area (Å²) in [6.45, 7) is 7.88. The third-order valence-electron chi connectivity index (χ3n) is 3.07. The van der Waals surface area contributed by atoms with Crippen LogP contribution in [0.25, 0.3) is 0 Å². The number of nitrogens with zero attached hydrogens (tertiary/aromatic N) is 1. The van der Waals surface area contributed by atoms with Crippen molar-refractivity contribution in [2.24, 2.45) is 5.73 Å². The molecule has 0 bridgehead atoms. The topological polar surface area (TPSA) is 29.3 Å². The van der Waals surface area contributed by atoms with Crippen LogP contribution < -0.4 is 5.73 Å². The summed E-state index contributed by atoms with van der Waals surface area (Å²) in [4.78, 5) is 2.40. The van der Waals surface area contributed by atoms with Crippen molar-refractivity contribution in [3.8, 4) is 11.8 Å². The first-order chi connectivity index (χ1) is 9.71. The molecular formula is C16H23FN2S. The summed E-state index contributed by atoms with van der Waals surface area (Å²) in [5.74, 6) is 7.17. The first kappa shape index (κ1) is 17.0. The molecule has 20 heavy (non-hydrogen) atoms. The van der Waals surface area contributed by atoms with Gasteiger partial charge in [0, 0.05) is 18.1 Å². The fourth-order valence-electron chi connectivity index (χ4n) is 1.83. The molecule has 0 heterocycles. The van der Waals surface area contributed by atoms with Gasteiger partial charge in [-0.2, -0.15) is 11.8 Å². The van der Waals surface area contributed by atoms with Crippen molar-refractivity contribution in [3.05, 3.63) is 35.1 Å². The van der Waals surface area contributed by atoms with E-state index in [0.29, 0.717) is 5.56 Å². The minimum atomic E-state index is -0.275. The zero-order valence-electron chi connectivity index (χ0n) is 12.3. The Morgan fingerprint density at radius 1 is 1.30 bits per heavy atom. The highest BCUT2D eigenvalue weighted by molar-refractivity contribution is 7.98. The largest absolute Gasteiger partial charge is 0.320 e. The molecular weight excluding hydrogens is 271 g/mol. The normalized spacial score (nSPS) is 10.4. The summed E-state index contributed by atoms with van der Waals surface area (Å²) in [5.41, 5.74) is 6.86. The van der Waals surface area contributed by atoms with Gasteiger partial charge in [0.2, 0.25) is 0 Å². The lowest BCUT2D eigenvalue weighted by Gasteiger charge is -2.17. The van der Waals surface area contributed by atoms with Crippen molar-refractivity contribution >= 4 is 11.8 Å². The van der Waals surface area contributed by atoms with Crippen molar-refractivity contribution in [1.82, 2.24) is 4.90 Å². The Balaban J connectivity index is 2.48. The molecule has 2 nitrogen and oxygen atoms in total. The second-order valence-electron chi connectivity index (χ2n) is 4.40. The van der Waals surface area contributed by atoms with Gasteiger partial charge in [-0.05, 0) is 30.8 Å². The summed E-state index contributed by atoms with van der Waals surface area (Å²) in [7, 11) is 0. The number of rotatable bonds is 7. The molecule has 2 N–H and O–H groups in total. The van der Waals surface area contributed by atoms with Gasteiger partial charge in [0.1, 0.15) is 5.82 Å². The Hall–Kier alpha value is -1.02. The second-order valence-corrected chi connectivity index (χ2v) is 5.50. The van der Waals surface area contributed by atoms with Gasteiger partial charge in [-0.15, -0.1) is 0 Å². The lowest BCUT2D eigenvalue weighted by atomic mass is 10.1. The molecule has 0 amide bonds. The van der Waals surface area contributed by atoms with Gasteiger partial charge in [-0.3, -0.25) is 0 Å². The number of hydrogen-bond acceptors (Lipinski definition) is 3. The molecule has 0 spiro atoms.